The van der Waals surface area contributed by atoms with Crippen molar-refractivity contribution in [2.75, 3.05) is 24.5 Å². The van der Waals surface area contributed by atoms with Gasteiger partial charge in [-0.3, -0.25) is 0 Å². The Morgan fingerprint density at radius 3 is 2.27 bits per heavy atom. The molecule has 2 rings (SSSR count). The van der Waals surface area contributed by atoms with Gasteiger partial charge in [0.2, 0.25) is 0 Å². The molecule has 0 unspecified atom stereocenters. The van der Waals surface area contributed by atoms with E-state index in [9.17, 15) is 0 Å². The van der Waals surface area contributed by atoms with Crippen LogP contribution in [0.3, 0.4) is 0 Å². The van der Waals surface area contributed by atoms with Crippen molar-refractivity contribution in [2.24, 2.45) is 11.5 Å². The predicted octanol–water partition coefficient (Wildman–Crippen LogP) is 1.25. The van der Waals surface area contributed by atoms with Crippen LogP contribution in [0, 0.1) is 0 Å². The van der Waals surface area contributed by atoms with Gasteiger partial charge in [0.15, 0.2) is 0 Å². The minimum Gasteiger partial charge on any atom is -0.372 e. The Bertz CT molecular complexity index is 301. The first-order chi connectivity index (χ1) is 7.31. The summed E-state index contributed by atoms with van der Waals surface area (Å²) in [5.74, 6) is 0. The van der Waals surface area contributed by atoms with Crippen molar-refractivity contribution in [1.29, 1.82) is 0 Å². The van der Waals surface area contributed by atoms with Crippen molar-refractivity contribution < 1.29 is 0 Å². The summed E-state index contributed by atoms with van der Waals surface area (Å²) in [5.41, 5.74) is 13.8. The van der Waals surface area contributed by atoms with E-state index < -0.39 is 0 Å². The Labute approximate surface area is 91.1 Å². The van der Waals surface area contributed by atoms with Gasteiger partial charge in [-0.05, 0) is 30.5 Å². The van der Waals surface area contributed by atoms with E-state index >= 15 is 0 Å². The summed E-state index contributed by atoms with van der Waals surface area (Å²) in [6.45, 7) is 2.87. The molecule has 0 spiro atoms. The molecule has 4 N–H and O–H groups in total. The van der Waals surface area contributed by atoms with Crippen molar-refractivity contribution in [3.05, 3.63) is 29.8 Å². The first kappa shape index (κ1) is 10.5. The second kappa shape index (κ2) is 4.64. The average molecular weight is 205 g/mol. The van der Waals surface area contributed by atoms with Crippen molar-refractivity contribution in [3.63, 3.8) is 0 Å². The monoisotopic (exact) mass is 205 g/mol. The topological polar surface area (TPSA) is 55.3 Å². The molecule has 1 aliphatic rings. The minimum absolute atomic E-state index is 0.0300. The maximum Gasteiger partial charge on any atom is 0.0419 e. The standard InChI is InChI=1S/C12H19N3/c13-9-12(14)10-3-5-11(6-4-10)15-7-1-2-8-15/h3-6,12H,1-2,7-9,13-14H2/t12-/m1/s1. The van der Waals surface area contributed by atoms with Gasteiger partial charge in [0.25, 0.3) is 0 Å². The largest absolute Gasteiger partial charge is 0.372 e. The fourth-order valence-electron chi connectivity index (χ4n) is 2.04. The zero-order chi connectivity index (χ0) is 10.7. The molecule has 0 amide bonds. The van der Waals surface area contributed by atoms with Gasteiger partial charge in [-0.15, -0.1) is 0 Å². The molecule has 0 aliphatic carbocycles. The molecular weight excluding hydrogens is 186 g/mol. The molecule has 1 aromatic carbocycles. The molecule has 3 nitrogen and oxygen atoms in total. The molecule has 1 fully saturated rings. The van der Waals surface area contributed by atoms with Gasteiger partial charge in [-0.1, -0.05) is 12.1 Å². The van der Waals surface area contributed by atoms with E-state index in [1.165, 1.54) is 31.6 Å². The van der Waals surface area contributed by atoms with Crippen LogP contribution >= 0.6 is 0 Å². The summed E-state index contributed by atoms with van der Waals surface area (Å²) >= 11 is 0. The molecule has 1 aliphatic heterocycles. The van der Waals surface area contributed by atoms with Crippen LogP contribution in [0.15, 0.2) is 24.3 Å². The Kier molecular flexibility index (Phi) is 3.23. The third-order valence-corrected chi connectivity index (χ3v) is 3.05. The van der Waals surface area contributed by atoms with E-state index in [4.69, 9.17) is 11.5 Å². The van der Waals surface area contributed by atoms with Crippen LogP contribution < -0.4 is 16.4 Å². The van der Waals surface area contributed by atoms with Crippen LogP contribution in [0.5, 0.6) is 0 Å². The minimum atomic E-state index is -0.0300. The molecule has 3 heteroatoms. The van der Waals surface area contributed by atoms with Crippen LogP contribution in [0.2, 0.25) is 0 Å². The molecule has 15 heavy (non-hydrogen) atoms. The molecule has 1 aromatic rings. The number of anilines is 1. The number of benzene rings is 1. The number of nitrogens with two attached hydrogens (primary N) is 2. The van der Waals surface area contributed by atoms with Crippen LogP contribution in [0.25, 0.3) is 0 Å². The van der Waals surface area contributed by atoms with Crippen LogP contribution in [-0.4, -0.2) is 19.6 Å². The number of hydrogen-bond donors (Lipinski definition) is 2. The van der Waals surface area contributed by atoms with E-state index in [1.807, 2.05) is 0 Å². The van der Waals surface area contributed by atoms with Gasteiger partial charge in [0.1, 0.15) is 0 Å². The zero-order valence-electron chi connectivity index (χ0n) is 9.02. The second-order valence-electron chi connectivity index (χ2n) is 4.13. The van der Waals surface area contributed by atoms with Gasteiger partial charge in [0.05, 0.1) is 0 Å². The summed E-state index contributed by atoms with van der Waals surface area (Å²) in [5, 5.41) is 0. The van der Waals surface area contributed by atoms with Gasteiger partial charge in [0, 0.05) is 31.4 Å². The summed E-state index contributed by atoms with van der Waals surface area (Å²) in [6.07, 6.45) is 2.62. The molecule has 0 saturated carbocycles. The first-order valence-corrected chi connectivity index (χ1v) is 5.62. The Morgan fingerprint density at radius 1 is 1.13 bits per heavy atom. The normalized spacial score (nSPS) is 18.1. The lowest BCUT2D eigenvalue weighted by molar-refractivity contribution is 0.737. The third-order valence-electron chi connectivity index (χ3n) is 3.05. The average Bonchev–Trinajstić information content (AvgIpc) is 2.82. The summed E-state index contributed by atoms with van der Waals surface area (Å²) < 4.78 is 0. The first-order valence-electron chi connectivity index (χ1n) is 5.62. The summed E-state index contributed by atoms with van der Waals surface area (Å²) in [6, 6.07) is 8.44. The van der Waals surface area contributed by atoms with Crippen LogP contribution in [0.1, 0.15) is 24.4 Å². The van der Waals surface area contributed by atoms with Gasteiger partial charge in [-0.2, -0.15) is 0 Å². The highest BCUT2D eigenvalue weighted by molar-refractivity contribution is 5.48. The Morgan fingerprint density at radius 2 is 1.73 bits per heavy atom. The maximum absolute atomic E-state index is 5.86. The Balaban J connectivity index is 2.09. The highest BCUT2D eigenvalue weighted by Crippen LogP contribution is 2.21. The quantitative estimate of drug-likeness (QED) is 0.780. The lowest BCUT2D eigenvalue weighted by Crippen LogP contribution is -2.21. The molecule has 0 radical (unpaired) electrons. The van der Waals surface area contributed by atoms with Gasteiger partial charge in [-0.25, -0.2) is 0 Å². The Hall–Kier alpha value is -1.06. The molecule has 0 bridgehead atoms. The van der Waals surface area contributed by atoms with Gasteiger partial charge < -0.3 is 16.4 Å². The lowest BCUT2D eigenvalue weighted by Gasteiger charge is -2.18. The second-order valence-corrected chi connectivity index (χ2v) is 4.13. The number of nitrogens with zero attached hydrogens (tertiary/aromatic N) is 1. The fraction of sp³-hybridized carbons (Fsp3) is 0.500. The summed E-state index contributed by atoms with van der Waals surface area (Å²) in [4.78, 5) is 2.41. The summed E-state index contributed by atoms with van der Waals surface area (Å²) in [7, 11) is 0. The van der Waals surface area contributed by atoms with E-state index in [-0.39, 0.29) is 6.04 Å². The molecule has 0 aromatic heterocycles. The van der Waals surface area contributed by atoms with Crippen LogP contribution in [0.4, 0.5) is 5.69 Å². The molecular formula is C12H19N3. The van der Waals surface area contributed by atoms with Crippen molar-refractivity contribution in [2.45, 2.75) is 18.9 Å². The van der Waals surface area contributed by atoms with E-state index in [1.54, 1.807) is 0 Å². The van der Waals surface area contributed by atoms with Crippen molar-refractivity contribution in [1.82, 2.24) is 0 Å². The van der Waals surface area contributed by atoms with Crippen molar-refractivity contribution >= 4 is 5.69 Å². The predicted molar refractivity (Wildman–Crippen MR) is 63.9 cm³/mol. The van der Waals surface area contributed by atoms with Crippen LogP contribution in [-0.2, 0) is 0 Å². The zero-order valence-corrected chi connectivity index (χ0v) is 9.02. The smallest absolute Gasteiger partial charge is 0.0419 e. The van der Waals surface area contributed by atoms with E-state index in [0.717, 1.165) is 5.56 Å². The van der Waals surface area contributed by atoms with Crippen molar-refractivity contribution in [3.8, 4) is 0 Å². The highest BCUT2D eigenvalue weighted by atomic mass is 15.1. The molecule has 1 heterocycles. The third kappa shape index (κ3) is 2.30. The SMILES string of the molecule is NC[C@@H](N)c1ccc(N2CCCC2)cc1. The molecule has 1 atom stereocenters. The molecule has 1 saturated heterocycles. The lowest BCUT2D eigenvalue weighted by atomic mass is 10.1. The van der Waals surface area contributed by atoms with E-state index in [2.05, 4.69) is 29.2 Å². The van der Waals surface area contributed by atoms with Gasteiger partial charge >= 0.3 is 0 Å². The number of rotatable bonds is 3. The fourth-order valence-corrected chi connectivity index (χ4v) is 2.04. The highest BCUT2D eigenvalue weighted by Gasteiger charge is 2.12. The molecule has 82 valence electrons. The van der Waals surface area contributed by atoms with E-state index in [0.29, 0.717) is 6.54 Å². The number of hydrogen-bond acceptors (Lipinski definition) is 3. The maximum atomic E-state index is 5.86.